The minimum absolute atomic E-state index is 0.0290. The number of rotatable bonds is 8. The van der Waals surface area contributed by atoms with E-state index in [0.29, 0.717) is 10.8 Å². The highest BCUT2D eigenvalue weighted by molar-refractivity contribution is 7.91. The van der Waals surface area contributed by atoms with Crippen LogP contribution in [0.5, 0.6) is 0 Å². The molecule has 0 aliphatic carbocycles. The Morgan fingerprint density at radius 2 is 1.82 bits per heavy atom. The second-order valence-corrected chi connectivity index (χ2v) is 11.1. The van der Waals surface area contributed by atoms with Crippen LogP contribution in [0.1, 0.15) is 29.7 Å². The molecule has 0 unspecified atom stereocenters. The Balaban J connectivity index is 1.55. The number of benzene rings is 2. The summed E-state index contributed by atoms with van der Waals surface area (Å²) >= 11 is 1.43. The van der Waals surface area contributed by atoms with Crippen molar-refractivity contribution in [1.82, 2.24) is 9.97 Å². The van der Waals surface area contributed by atoms with Gasteiger partial charge in [0.2, 0.25) is 5.91 Å². The molecule has 1 amide bonds. The van der Waals surface area contributed by atoms with Crippen molar-refractivity contribution in [3.63, 3.8) is 0 Å². The van der Waals surface area contributed by atoms with Crippen molar-refractivity contribution in [1.29, 1.82) is 0 Å². The van der Waals surface area contributed by atoms with Gasteiger partial charge in [0.15, 0.2) is 15.0 Å². The monoisotopic (exact) mass is 497 g/mol. The summed E-state index contributed by atoms with van der Waals surface area (Å²) in [4.78, 5) is 24.0. The van der Waals surface area contributed by atoms with Crippen molar-refractivity contribution in [2.75, 3.05) is 10.7 Å². The van der Waals surface area contributed by atoms with Gasteiger partial charge in [-0.1, -0.05) is 23.5 Å². The van der Waals surface area contributed by atoms with Crippen molar-refractivity contribution in [2.45, 2.75) is 38.1 Å². The quantitative estimate of drug-likeness (QED) is 0.311. The molecule has 6 nitrogen and oxygen atoms in total. The number of hydrogen-bond donors (Lipinski definition) is 0. The first-order valence-electron chi connectivity index (χ1n) is 10.8. The SMILES string of the molecule is Cc1ccc2sc(N(Cc3ccccn3)C(=O)CCCS(=O)(=O)c3ccc(F)cc3)nc2c1C. The fraction of sp³-hybridized carbons (Fsp3) is 0.240. The number of aryl methyl sites for hydroxylation is 2. The summed E-state index contributed by atoms with van der Waals surface area (Å²) in [6.45, 7) is 4.26. The molecular formula is C25H24FN3O3S2. The summed E-state index contributed by atoms with van der Waals surface area (Å²) in [5.41, 5.74) is 3.76. The molecule has 0 atom stereocenters. The number of amides is 1. The zero-order valence-electron chi connectivity index (χ0n) is 18.9. The first-order chi connectivity index (χ1) is 16.2. The number of sulfone groups is 1. The number of thiazole rings is 1. The summed E-state index contributed by atoms with van der Waals surface area (Å²) < 4.78 is 39.3. The number of carbonyl (C=O) groups is 1. The van der Waals surface area contributed by atoms with E-state index in [2.05, 4.69) is 4.98 Å². The highest BCUT2D eigenvalue weighted by atomic mass is 32.2. The van der Waals surface area contributed by atoms with Gasteiger partial charge in [0.25, 0.3) is 0 Å². The zero-order valence-corrected chi connectivity index (χ0v) is 20.5. The van der Waals surface area contributed by atoms with Crippen LogP contribution >= 0.6 is 11.3 Å². The molecular weight excluding hydrogens is 473 g/mol. The van der Waals surface area contributed by atoms with Gasteiger partial charge in [-0.15, -0.1) is 0 Å². The lowest BCUT2D eigenvalue weighted by molar-refractivity contribution is -0.118. The molecule has 2 aromatic heterocycles. The van der Waals surface area contributed by atoms with Gasteiger partial charge in [-0.3, -0.25) is 14.7 Å². The molecule has 0 saturated heterocycles. The average Bonchev–Trinajstić information content (AvgIpc) is 3.25. The van der Waals surface area contributed by atoms with E-state index in [4.69, 9.17) is 4.98 Å². The maximum atomic E-state index is 13.3. The molecule has 0 spiro atoms. The predicted octanol–water partition coefficient (Wildman–Crippen LogP) is 5.23. The van der Waals surface area contributed by atoms with Gasteiger partial charge in [0.1, 0.15) is 5.82 Å². The summed E-state index contributed by atoms with van der Waals surface area (Å²) in [7, 11) is -3.62. The number of pyridine rings is 1. The van der Waals surface area contributed by atoms with Crippen LogP contribution in [0.15, 0.2) is 65.7 Å². The maximum absolute atomic E-state index is 13.3. The number of nitrogens with zero attached hydrogens (tertiary/aromatic N) is 3. The Bertz CT molecular complexity index is 1420. The number of fused-ring (bicyclic) bond motifs is 1. The minimum Gasteiger partial charge on any atom is -0.282 e. The maximum Gasteiger partial charge on any atom is 0.229 e. The lowest BCUT2D eigenvalue weighted by Crippen LogP contribution is -2.30. The van der Waals surface area contributed by atoms with E-state index in [9.17, 15) is 17.6 Å². The largest absolute Gasteiger partial charge is 0.282 e. The summed E-state index contributed by atoms with van der Waals surface area (Å²) in [6.07, 6.45) is 1.83. The first-order valence-corrected chi connectivity index (χ1v) is 13.3. The van der Waals surface area contributed by atoms with Crippen LogP contribution in [0, 0.1) is 19.7 Å². The highest BCUT2D eigenvalue weighted by Gasteiger charge is 2.23. The summed E-state index contributed by atoms with van der Waals surface area (Å²) in [5.74, 6) is -0.936. The van der Waals surface area contributed by atoms with E-state index < -0.39 is 15.7 Å². The van der Waals surface area contributed by atoms with Gasteiger partial charge in [-0.2, -0.15) is 0 Å². The second-order valence-electron chi connectivity index (χ2n) is 8.03. The number of halogens is 1. The van der Waals surface area contributed by atoms with Crippen LogP contribution in [0.25, 0.3) is 10.2 Å². The predicted molar refractivity (Wildman–Crippen MR) is 132 cm³/mol. The molecule has 0 fully saturated rings. The molecule has 2 heterocycles. The number of aromatic nitrogens is 2. The molecule has 0 radical (unpaired) electrons. The van der Waals surface area contributed by atoms with Gasteiger partial charge in [0, 0.05) is 12.6 Å². The average molecular weight is 498 g/mol. The molecule has 34 heavy (non-hydrogen) atoms. The first kappa shape index (κ1) is 24.0. The van der Waals surface area contributed by atoms with Gasteiger partial charge in [0.05, 0.1) is 33.1 Å². The molecule has 0 aliphatic rings. The molecule has 0 N–H and O–H groups in total. The van der Waals surface area contributed by atoms with Crippen molar-refractivity contribution in [2.24, 2.45) is 0 Å². The van der Waals surface area contributed by atoms with E-state index in [1.54, 1.807) is 17.2 Å². The second kappa shape index (κ2) is 9.99. The number of anilines is 1. The Hall–Kier alpha value is -3.17. The molecule has 176 valence electrons. The highest BCUT2D eigenvalue weighted by Crippen LogP contribution is 2.33. The van der Waals surface area contributed by atoms with Crippen LogP contribution in [-0.4, -0.2) is 30.0 Å². The topological polar surface area (TPSA) is 80.2 Å². The van der Waals surface area contributed by atoms with Crippen LogP contribution in [-0.2, 0) is 21.2 Å². The Morgan fingerprint density at radius 3 is 2.53 bits per heavy atom. The Labute approximate surface area is 202 Å². The van der Waals surface area contributed by atoms with Crippen molar-refractivity contribution in [3.8, 4) is 0 Å². The van der Waals surface area contributed by atoms with E-state index in [1.807, 2.05) is 38.1 Å². The van der Waals surface area contributed by atoms with Crippen LogP contribution in [0.3, 0.4) is 0 Å². The van der Waals surface area contributed by atoms with Gasteiger partial charge < -0.3 is 0 Å². The van der Waals surface area contributed by atoms with Crippen molar-refractivity contribution in [3.05, 3.63) is 83.4 Å². The third-order valence-corrected chi connectivity index (χ3v) is 8.49. The summed E-state index contributed by atoms with van der Waals surface area (Å²) in [6, 6.07) is 14.2. The van der Waals surface area contributed by atoms with E-state index in [-0.39, 0.29) is 35.9 Å². The molecule has 4 aromatic rings. The molecule has 4 rings (SSSR count). The normalized spacial score (nSPS) is 11.6. The molecule has 0 aliphatic heterocycles. The summed E-state index contributed by atoms with van der Waals surface area (Å²) in [5, 5.41) is 0.556. The zero-order chi connectivity index (χ0) is 24.3. The lowest BCUT2D eigenvalue weighted by atomic mass is 10.1. The van der Waals surface area contributed by atoms with E-state index >= 15 is 0 Å². The standard InChI is InChI=1S/C25H24FN3O3S2/c1-17-8-13-22-24(18(17)2)28-25(33-22)29(16-20-6-3-4-14-27-20)23(30)7-5-15-34(31,32)21-11-9-19(26)10-12-21/h3-4,6,8-14H,5,7,15-16H2,1-2H3. The van der Waals surface area contributed by atoms with Crippen LogP contribution < -0.4 is 4.90 Å². The Morgan fingerprint density at radius 1 is 1.06 bits per heavy atom. The van der Waals surface area contributed by atoms with E-state index in [0.717, 1.165) is 33.5 Å². The van der Waals surface area contributed by atoms with E-state index in [1.165, 1.54) is 23.5 Å². The third-order valence-electron chi connectivity index (χ3n) is 5.63. The molecule has 9 heteroatoms. The number of carbonyl (C=O) groups excluding carboxylic acids is 1. The molecule has 2 aromatic carbocycles. The minimum atomic E-state index is -3.62. The third kappa shape index (κ3) is 5.31. The number of hydrogen-bond acceptors (Lipinski definition) is 6. The molecule has 0 bridgehead atoms. The van der Waals surface area contributed by atoms with Crippen LogP contribution in [0.2, 0.25) is 0 Å². The van der Waals surface area contributed by atoms with Crippen molar-refractivity contribution >= 4 is 42.4 Å². The fourth-order valence-corrected chi connectivity index (χ4v) is 5.91. The van der Waals surface area contributed by atoms with Gasteiger partial charge in [-0.05, 0) is 73.9 Å². The van der Waals surface area contributed by atoms with Crippen molar-refractivity contribution < 1.29 is 17.6 Å². The molecule has 0 saturated carbocycles. The smallest absolute Gasteiger partial charge is 0.229 e. The Kier molecular flexibility index (Phi) is 7.04. The van der Waals surface area contributed by atoms with Gasteiger partial charge in [-0.25, -0.2) is 17.8 Å². The lowest BCUT2D eigenvalue weighted by Gasteiger charge is -2.19. The van der Waals surface area contributed by atoms with Gasteiger partial charge >= 0.3 is 0 Å². The fourth-order valence-electron chi connectivity index (χ4n) is 3.55. The van der Waals surface area contributed by atoms with Crippen LogP contribution in [0.4, 0.5) is 9.52 Å².